The Labute approximate surface area is 77.8 Å². The monoisotopic (exact) mass is 204 g/mol. The van der Waals surface area contributed by atoms with E-state index in [0.717, 1.165) is 0 Å². The molecule has 0 radical (unpaired) electrons. The minimum Gasteiger partial charge on any atom is -0.398 e. The number of nitrogens with zero attached hydrogens (tertiary/aromatic N) is 2. The second kappa shape index (κ2) is 4.18. The zero-order valence-corrected chi connectivity index (χ0v) is 7.72. The normalized spacial score (nSPS) is 11.3. The molecule has 0 spiro atoms. The van der Waals surface area contributed by atoms with Gasteiger partial charge in [0.2, 0.25) is 0 Å². The number of aromatic nitrogens is 1. The molecule has 1 aromatic heterocycles. The SMILES string of the molecule is CO/N=C(\C(=O)Cl)c1cscn1. The lowest BCUT2D eigenvalue weighted by Gasteiger charge is -1.93. The molecule has 4 nitrogen and oxygen atoms in total. The smallest absolute Gasteiger partial charge is 0.276 e. The van der Waals surface area contributed by atoms with Crippen LogP contribution < -0.4 is 0 Å². The highest BCUT2D eigenvalue weighted by molar-refractivity contribution is 7.08. The number of thiazole rings is 1. The standard InChI is InChI=1S/C6H5ClN2O2S/c1-11-9-5(6(7)10)4-2-12-3-8-4/h2-3H,1H3/b9-5-. The number of carbonyl (C=O) groups excluding carboxylic acids is 1. The molecule has 0 fully saturated rings. The summed E-state index contributed by atoms with van der Waals surface area (Å²) in [7, 11) is 1.34. The van der Waals surface area contributed by atoms with E-state index in [1.54, 1.807) is 10.9 Å². The van der Waals surface area contributed by atoms with Crippen LogP contribution in [0.2, 0.25) is 0 Å². The van der Waals surface area contributed by atoms with Crippen molar-refractivity contribution in [3.63, 3.8) is 0 Å². The maximum atomic E-state index is 10.8. The van der Waals surface area contributed by atoms with E-state index in [-0.39, 0.29) is 5.71 Å². The van der Waals surface area contributed by atoms with Gasteiger partial charge in [0, 0.05) is 5.38 Å². The van der Waals surface area contributed by atoms with Gasteiger partial charge in [0.25, 0.3) is 5.24 Å². The molecular formula is C6H5ClN2O2S. The van der Waals surface area contributed by atoms with E-state index < -0.39 is 5.24 Å². The van der Waals surface area contributed by atoms with Gasteiger partial charge in [-0.3, -0.25) is 4.79 Å². The average Bonchev–Trinajstić information content (AvgIpc) is 2.51. The summed E-state index contributed by atoms with van der Waals surface area (Å²) in [5.41, 5.74) is 2.04. The van der Waals surface area contributed by atoms with E-state index in [2.05, 4.69) is 15.0 Å². The van der Waals surface area contributed by atoms with Gasteiger partial charge in [0.1, 0.15) is 12.8 Å². The topological polar surface area (TPSA) is 51.5 Å². The van der Waals surface area contributed by atoms with Crippen LogP contribution >= 0.6 is 22.9 Å². The lowest BCUT2D eigenvalue weighted by molar-refractivity contribution is -0.106. The van der Waals surface area contributed by atoms with Crippen LogP contribution in [0.15, 0.2) is 16.0 Å². The first-order valence-electron chi connectivity index (χ1n) is 2.95. The van der Waals surface area contributed by atoms with Gasteiger partial charge in [-0.15, -0.1) is 11.3 Å². The molecule has 0 unspecified atom stereocenters. The zero-order chi connectivity index (χ0) is 8.97. The molecular weight excluding hydrogens is 200 g/mol. The Morgan fingerprint density at radius 1 is 1.83 bits per heavy atom. The van der Waals surface area contributed by atoms with Crippen LogP contribution in [0.4, 0.5) is 0 Å². The maximum Gasteiger partial charge on any atom is 0.276 e. The molecule has 0 saturated carbocycles. The van der Waals surface area contributed by atoms with E-state index in [1.165, 1.54) is 18.4 Å². The summed E-state index contributed by atoms with van der Waals surface area (Å²) in [6.07, 6.45) is 0. The molecule has 0 aliphatic carbocycles. The van der Waals surface area contributed by atoms with Gasteiger partial charge in [-0.1, -0.05) is 5.16 Å². The lowest BCUT2D eigenvalue weighted by Crippen LogP contribution is -2.10. The third kappa shape index (κ3) is 2.02. The third-order valence-corrected chi connectivity index (χ3v) is 1.81. The first kappa shape index (κ1) is 9.15. The number of hydrogen-bond acceptors (Lipinski definition) is 5. The van der Waals surface area contributed by atoms with Crippen molar-refractivity contribution in [2.45, 2.75) is 0 Å². The number of oxime groups is 1. The van der Waals surface area contributed by atoms with Crippen molar-refractivity contribution in [1.29, 1.82) is 0 Å². The molecule has 0 saturated heterocycles. The summed E-state index contributed by atoms with van der Waals surface area (Å²) in [4.78, 5) is 19.0. The van der Waals surface area contributed by atoms with Crippen molar-refractivity contribution in [3.8, 4) is 0 Å². The fraction of sp³-hybridized carbons (Fsp3) is 0.167. The van der Waals surface area contributed by atoms with Crippen molar-refractivity contribution < 1.29 is 9.63 Å². The third-order valence-electron chi connectivity index (χ3n) is 1.04. The van der Waals surface area contributed by atoms with Crippen molar-refractivity contribution >= 4 is 33.9 Å². The molecule has 1 aromatic rings. The molecule has 1 rings (SSSR count). The Morgan fingerprint density at radius 2 is 2.58 bits per heavy atom. The molecule has 0 aliphatic rings. The Bertz CT molecular complexity index is 297. The van der Waals surface area contributed by atoms with Crippen LogP contribution in [0.1, 0.15) is 5.69 Å². The highest BCUT2D eigenvalue weighted by Gasteiger charge is 2.13. The van der Waals surface area contributed by atoms with Crippen LogP contribution in [-0.4, -0.2) is 23.0 Å². The Balaban J connectivity index is 2.96. The highest BCUT2D eigenvalue weighted by atomic mass is 35.5. The van der Waals surface area contributed by atoms with E-state index in [4.69, 9.17) is 11.6 Å². The van der Waals surface area contributed by atoms with Crippen LogP contribution in [0.3, 0.4) is 0 Å². The Morgan fingerprint density at radius 3 is 3.00 bits per heavy atom. The Kier molecular flexibility index (Phi) is 3.19. The van der Waals surface area contributed by atoms with Crippen LogP contribution in [0, 0.1) is 0 Å². The summed E-state index contributed by atoms with van der Waals surface area (Å²) >= 11 is 6.58. The molecule has 0 atom stereocenters. The summed E-state index contributed by atoms with van der Waals surface area (Å²) in [5.74, 6) is 0. The average molecular weight is 205 g/mol. The number of rotatable bonds is 3. The van der Waals surface area contributed by atoms with E-state index >= 15 is 0 Å². The maximum absolute atomic E-state index is 10.8. The van der Waals surface area contributed by atoms with Crippen molar-refractivity contribution in [2.24, 2.45) is 5.16 Å². The summed E-state index contributed by atoms with van der Waals surface area (Å²) in [5, 5.41) is 4.43. The fourth-order valence-electron chi connectivity index (χ4n) is 0.604. The van der Waals surface area contributed by atoms with Gasteiger partial charge in [0.05, 0.1) is 5.51 Å². The fourth-order valence-corrected chi connectivity index (χ4v) is 1.27. The minimum absolute atomic E-state index is 0.0282. The van der Waals surface area contributed by atoms with Gasteiger partial charge in [-0.25, -0.2) is 4.98 Å². The molecule has 1 heterocycles. The predicted octanol–water partition coefficient (Wildman–Crippen LogP) is 1.26. The second-order valence-corrected chi connectivity index (χ2v) is 2.83. The first-order valence-corrected chi connectivity index (χ1v) is 4.27. The van der Waals surface area contributed by atoms with Crippen molar-refractivity contribution in [2.75, 3.05) is 7.11 Å². The molecule has 0 N–H and O–H groups in total. The zero-order valence-electron chi connectivity index (χ0n) is 6.15. The van der Waals surface area contributed by atoms with Gasteiger partial charge >= 0.3 is 0 Å². The summed E-state index contributed by atoms with van der Waals surface area (Å²) in [6, 6.07) is 0. The molecule has 64 valence electrons. The van der Waals surface area contributed by atoms with Crippen LogP contribution in [-0.2, 0) is 9.63 Å². The molecule has 0 aliphatic heterocycles. The molecule has 12 heavy (non-hydrogen) atoms. The van der Waals surface area contributed by atoms with Gasteiger partial charge in [-0.2, -0.15) is 0 Å². The van der Waals surface area contributed by atoms with Crippen LogP contribution in [0.25, 0.3) is 0 Å². The van der Waals surface area contributed by atoms with Gasteiger partial charge < -0.3 is 4.84 Å². The largest absolute Gasteiger partial charge is 0.398 e. The van der Waals surface area contributed by atoms with Gasteiger partial charge in [-0.05, 0) is 11.6 Å². The summed E-state index contributed by atoms with van der Waals surface area (Å²) in [6.45, 7) is 0. The quantitative estimate of drug-likeness (QED) is 0.423. The van der Waals surface area contributed by atoms with Crippen molar-refractivity contribution in [3.05, 3.63) is 16.6 Å². The van der Waals surface area contributed by atoms with Crippen LogP contribution in [0.5, 0.6) is 0 Å². The van der Waals surface area contributed by atoms with E-state index in [1.807, 2.05) is 0 Å². The molecule has 6 heteroatoms. The number of halogens is 1. The Hall–Kier alpha value is -0.940. The lowest BCUT2D eigenvalue weighted by atomic mass is 10.3. The first-order chi connectivity index (χ1) is 5.75. The van der Waals surface area contributed by atoms with Gasteiger partial charge in [0.15, 0.2) is 5.71 Å². The van der Waals surface area contributed by atoms with E-state index in [9.17, 15) is 4.79 Å². The molecule has 0 amide bonds. The number of hydrogen-bond donors (Lipinski definition) is 0. The number of carbonyl (C=O) groups is 1. The van der Waals surface area contributed by atoms with E-state index in [0.29, 0.717) is 5.69 Å². The second-order valence-electron chi connectivity index (χ2n) is 1.77. The van der Waals surface area contributed by atoms with Crippen molar-refractivity contribution in [1.82, 2.24) is 4.98 Å². The highest BCUT2D eigenvalue weighted by Crippen LogP contribution is 2.05. The summed E-state index contributed by atoms with van der Waals surface area (Å²) < 4.78 is 0. The molecule has 0 bridgehead atoms. The minimum atomic E-state index is -0.678. The predicted molar refractivity (Wildman–Crippen MR) is 46.5 cm³/mol. The molecule has 0 aromatic carbocycles.